The minimum absolute atomic E-state index is 0.191. The second kappa shape index (κ2) is 7.30. The van der Waals surface area contributed by atoms with Crippen molar-refractivity contribution in [1.29, 1.82) is 0 Å². The van der Waals surface area contributed by atoms with E-state index in [0.29, 0.717) is 5.92 Å². The quantitative estimate of drug-likeness (QED) is 0.877. The fourth-order valence-electron chi connectivity index (χ4n) is 2.76. The number of rotatable bonds is 6. The highest BCUT2D eigenvalue weighted by Crippen LogP contribution is 2.28. The Morgan fingerprint density at radius 3 is 2.95 bits per heavy atom. The van der Waals surface area contributed by atoms with Gasteiger partial charge in [-0.1, -0.05) is 24.6 Å². The zero-order valence-corrected chi connectivity index (χ0v) is 13.2. The maximum absolute atomic E-state index is 6.40. The van der Waals surface area contributed by atoms with Gasteiger partial charge in [-0.3, -0.25) is 0 Å². The molecule has 0 spiro atoms. The van der Waals surface area contributed by atoms with Gasteiger partial charge in [-0.25, -0.2) is 0 Å². The van der Waals surface area contributed by atoms with Crippen LogP contribution in [0.2, 0.25) is 5.02 Å². The van der Waals surface area contributed by atoms with Crippen molar-refractivity contribution in [3.05, 3.63) is 28.8 Å². The molecule has 0 bridgehead atoms. The van der Waals surface area contributed by atoms with Crippen LogP contribution >= 0.6 is 11.6 Å². The van der Waals surface area contributed by atoms with Gasteiger partial charge in [-0.05, 0) is 37.0 Å². The molecule has 1 aliphatic heterocycles. The maximum Gasteiger partial charge on any atom is 0.0508 e. The Kier molecular flexibility index (Phi) is 5.70. The molecule has 0 amide bonds. The summed E-state index contributed by atoms with van der Waals surface area (Å²) in [6.45, 7) is 5.08. The van der Waals surface area contributed by atoms with Gasteiger partial charge in [0.25, 0.3) is 0 Å². The van der Waals surface area contributed by atoms with Crippen molar-refractivity contribution in [3.63, 3.8) is 0 Å². The highest BCUT2D eigenvalue weighted by atomic mass is 35.5. The second-order valence-electron chi connectivity index (χ2n) is 5.70. The zero-order valence-electron chi connectivity index (χ0n) is 12.4. The molecule has 3 nitrogen and oxygen atoms in total. The fourth-order valence-corrected chi connectivity index (χ4v) is 3.02. The second-order valence-corrected chi connectivity index (χ2v) is 6.11. The summed E-state index contributed by atoms with van der Waals surface area (Å²) in [6, 6.07) is 6.56. The van der Waals surface area contributed by atoms with Crippen LogP contribution in [0.25, 0.3) is 0 Å². The molecule has 1 fully saturated rings. The van der Waals surface area contributed by atoms with Crippen LogP contribution in [0.1, 0.15) is 25.3 Å². The maximum atomic E-state index is 6.40. The van der Waals surface area contributed by atoms with Gasteiger partial charge in [0.2, 0.25) is 0 Å². The highest BCUT2D eigenvalue weighted by molar-refractivity contribution is 6.31. The standard InChI is InChI=1S/C16H25ClN2O/c1-3-14(18)8-13-4-5-15(9-16(13)17)19-7-6-12(10-19)11-20-2/h4-5,9,12,14H,3,6-8,10-11,18H2,1-2H3. The molecule has 1 aliphatic rings. The minimum atomic E-state index is 0.191. The van der Waals surface area contributed by atoms with Crippen molar-refractivity contribution in [1.82, 2.24) is 0 Å². The largest absolute Gasteiger partial charge is 0.384 e. The summed E-state index contributed by atoms with van der Waals surface area (Å²) in [6.07, 6.45) is 3.01. The van der Waals surface area contributed by atoms with Crippen LogP contribution in [0, 0.1) is 5.92 Å². The molecular weight excluding hydrogens is 272 g/mol. The van der Waals surface area contributed by atoms with Gasteiger partial charge >= 0.3 is 0 Å². The lowest BCUT2D eigenvalue weighted by molar-refractivity contribution is 0.161. The fraction of sp³-hybridized carbons (Fsp3) is 0.625. The van der Waals surface area contributed by atoms with Crippen LogP contribution in [-0.4, -0.2) is 32.8 Å². The van der Waals surface area contributed by atoms with E-state index >= 15 is 0 Å². The normalized spacial score (nSPS) is 20.4. The molecule has 20 heavy (non-hydrogen) atoms. The van der Waals surface area contributed by atoms with Gasteiger partial charge < -0.3 is 15.4 Å². The first-order chi connectivity index (χ1) is 9.63. The Hall–Kier alpha value is -0.770. The summed E-state index contributed by atoms with van der Waals surface area (Å²) < 4.78 is 5.24. The van der Waals surface area contributed by atoms with Crippen LogP contribution in [0.5, 0.6) is 0 Å². The van der Waals surface area contributed by atoms with Crippen LogP contribution in [-0.2, 0) is 11.2 Å². The minimum Gasteiger partial charge on any atom is -0.384 e. The van der Waals surface area contributed by atoms with E-state index in [1.54, 1.807) is 7.11 Å². The van der Waals surface area contributed by atoms with Crippen molar-refractivity contribution in [2.75, 3.05) is 31.7 Å². The van der Waals surface area contributed by atoms with Crippen molar-refractivity contribution in [2.24, 2.45) is 11.7 Å². The number of ether oxygens (including phenoxy) is 1. The van der Waals surface area contributed by atoms with Gasteiger partial charge in [0.15, 0.2) is 0 Å². The Morgan fingerprint density at radius 1 is 1.50 bits per heavy atom. The lowest BCUT2D eigenvalue weighted by Gasteiger charge is -2.20. The molecule has 2 unspecified atom stereocenters. The van der Waals surface area contributed by atoms with Gasteiger partial charge in [0, 0.05) is 42.9 Å². The van der Waals surface area contributed by atoms with E-state index in [0.717, 1.165) is 43.1 Å². The topological polar surface area (TPSA) is 38.5 Å². The summed E-state index contributed by atoms with van der Waals surface area (Å²) in [5, 5.41) is 0.835. The molecule has 2 atom stereocenters. The van der Waals surface area contributed by atoms with Crippen molar-refractivity contribution in [3.8, 4) is 0 Å². The number of nitrogens with zero attached hydrogens (tertiary/aromatic N) is 1. The molecule has 4 heteroatoms. The Labute approximate surface area is 127 Å². The third-order valence-electron chi connectivity index (χ3n) is 4.10. The van der Waals surface area contributed by atoms with E-state index < -0.39 is 0 Å². The Bertz CT molecular complexity index is 438. The number of anilines is 1. The van der Waals surface area contributed by atoms with Crippen LogP contribution in [0.3, 0.4) is 0 Å². The highest BCUT2D eigenvalue weighted by Gasteiger charge is 2.23. The van der Waals surface area contributed by atoms with E-state index in [1.165, 1.54) is 12.1 Å². The van der Waals surface area contributed by atoms with E-state index in [-0.39, 0.29) is 6.04 Å². The van der Waals surface area contributed by atoms with E-state index in [9.17, 15) is 0 Å². The van der Waals surface area contributed by atoms with Crippen molar-refractivity contribution < 1.29 is 4.74 Å². The third kappa shape index (κ3) is 3.87. The van der Waals surface area contributed by atoms with Gasteiger partial charge in [-0.15, -0.1) is 0 Å². The predicted molar refractivity (Wildman–Crippen MR) is 85.6 cm³/mol. The summed E-state index contributed by atoms with van der Waals surface area (Å²) in [4.78, 5) is 2.39. The summed E-state index contributed by atoms with van der Waals surface area (Å²) >= 11 is 6.40. The summed E-state index contributed by atoms with van der Waals surface area (Å²) in [5.41, 5.74) is 8.36. The molecular formula is C16H25ClN2O. The van der Waals surface area contributed by atoms with Crippen molar-refractivity contribution in [2.45, 2.75) is 32.2 Å². The molecule has 0 aliphatic carbocycles. The first-order valence-electron chi connectivity index (χ1n) is 7.42. The lowest BCUT2D eigenvalue weighted by Crippen LogP contribution is -2.22. The lowest BCUT2D eigenvalue weighted by atomic mass is 10.0. The summed E-state index contributed by atoms with van der Waals surface area (Å²) in [7, 11) is 1.77. The number of nitrogens with two attached hydrogens (primary N) is 1. The SMILES string of the molecule is CCC(N)Cc1ccc(N2CCC(COC)C2)cc1Cl. The molecule has 1 aromatic carbocycles. The first-order valence-corrected chi connectivity index (χ1v) is 7.79. The molecule has 112 valence electrons. The molecule has 1 aromatic rings. The average Bonchev–Trinajstić information content (AvgIpc) is 2.90. The molecule has 0 aromatic heterocycles. The van der Waals surface area contributed by atoms with E-state index in [2.05, 4.69) is 30.0 Å². The number of methoxy groups -OCH3 is 1. The number of hydrogen-bond acceptors (Lipinski definition) is 3. The monoisotopic (exact) mass is 296 g/mol. The molecule has 2 N–H and O–H groups in total. The predicted octanol–water partition coefficient (Wildman–Crippen LogP) is 3.09. The van der Waals surface area contributed by atoms with Crippen LogP contribution in [0.15, 0.2) is 18.2 Å². The molecule has 0 radical (unpaired) electrons. The molecule has 1 saturated heterocycles. The molecule has 2 rings (SSSR count). The Morgan fingerprint density at radius 2 is 2.30 bits per heavy atom. The van der Waals surface area contributed by atoms with Crippen LogP contribution in [0.4, 0.5) is 5.69 Å². The molecule has 1 heterocycles. The molecule has 0 saturated carbocycles. The van der Waals surface area contributed by atoms with Gasteiger partial charge in [-0.2, -0.15) is 0 Å². The van der Waals surface area contributed by atoms with E-state index in [4.69, 9.17) is 22.1 Å². The number of halogens is 1. The van der Waals surface area contributed by atoms with Gasteiger partial charge in [0.05, 0.1) is 6.61 Å². The number of hydrogen-bond donors (Lipinski definition) is 1. The van der Waals surface area contributed by atoms with Gasteiger partial charge in [0.1, 0.15) is 0 Å². The number of benzene rings is 1. The zero-order chi connectivity index (χ0) is 14.5. The van der Waals surface area contributed by atoms with Crippen molar-refractivity contribution >= 4 is 17.3 Å². The smallest absolute Gasteiger partial charge is 0.0508 e. The summed E-state index contributed by atoms with van der Waals surface area (Å²) in [5.74, 6) is 0.631. The Balaban J connectivity index is 2.02. The first kappa shape index (κ1) is 15.6. The van der Waals surface area contributed by atoms with Crippen LogP contribution < -0.4 is 10.6 Å². The van der Waals surface area contributed by atoms with E-state index in [1.807, 2.05) is 0 Å². The average molecular weight is 297 g/mol. The third-order valence-corrected chi connectivity index (χ3v) is 4.45.